The fourth-order valence-corrected chi connectivity index (χ4v) is 1.81. The molecule has 1 atom stereocenters. The summed E-state index contributed by atoms with van der Waals surface area (Å²) < 4.78 is 0. The lowest BCUT2D eigenvalue weighted by molar-refractivity contribution is -0.139. The van der Waals surface area contributed by atoms with E-state index < -0.39 is 18.0 Å². The third-order valence-electron chi connectivity index (χ3n) is 2.92. The van der Waals surface area contributed by atoms with Crippen LogP contribution in [0.1, 0.15) is 12.5 Å². The molecule has 0 saturated carbocycles. The van der Waals surface area contributed by atoms with Crippen LogP contribution in [0.3, 0.4) is 0 Å². The van der Waals surface area contributed by atoms with E-state index in [4.69, 9.17) is 5.11 Å². The van der Waals surface area contributed by atoms with Gasteiger partial charge in [-0.2, -0.15) is 0 Å². The van der Waals surface area contributed by atoms with Crippen molar-refractivity contribution in [2.24, 2.45) is 0 Å². The summed E-state index contributed by atoms with van der Waals surface area (Å²) in [6.45, 7) is 2.20. The summed E-state index contributed by atoms with van der Waals surface area (Å²) in [4.78, 5) is 24.5. The van der Waals surface area contributed by atoms with Gasteiger partial charge in [0, 0.05) is 19.5 Å². The number of benzene rings is 1. The highest BCUT2D eigenvalue weighted by Crippen LogP contribution is 2.04. The fraction of sp³-hybridized carbons (Fsp3) is 0.429. The molecular formula is C14H20N2O4. The maximum atomic E-state index is 11.9. The van der Waals surface area contributed by atoms with Gasteiger partial charge in [0.25, 0.3) is 0 Å². The molecule has 0 aliphatic rings. The molecule has 2 amide bonds. The lowest BCUT2D eigenvalue weighted by Crippen LogP contribution is -2.49. The number of amides is 2. The molecular weight excluding hydrogens is 260 g/mol. The zero-order chi connectivity index (χ0) is 15.0. The Labute approximate surface area is 118 Å². The molecule has 0 unspecified atom stereocenters. The van der Waals surface area contributed by atoms with Crippen LogP contribution >= 0.6 is 0 Å². The first-order chi connectivity index (χ1) is 9.58. The molecule has 6 nitrogen and oxygen atoms in total. The monoisotopic (exact) mass is 280 g/mol. The van der Waals surface area contributed by atoms with Crippen molar-refractivity contribution in [3.8, 4) is 0 Å². The number of carboxylic acid groups (broad SMARTS) is 1. The Balaban J connectivity index is 2.68. The lowest BCUT2D eigenvalue weighted by Gasteiger charge is -2.23. The van der Waals surface area contributed by atoms with Crippen LogP contribution in [0.5, 0.6) is 0 Å². The molecule has 0 saturated heterocycles. The average Bonchev–Trinajstić information content (AvgIpc) is 2.44. The Morgan fingerprint density at radius 2 is 1.95 bits per heavy atom. The fourth-order valence-electron chi connectivity index (χ4n) is 1.81. The largest absolute Gasteiger partial charge is 0.480 e. The quantitative estimate of drug-likeness (QED) is 0.686. The van der Waals surface area contributed by atoms with Crippen LogP contribution in [0.25, 0.3) is 0 Å². The van der Waals surface area contributed by atoms with E-state index in [1.54, 1.807) is 6.92 Å². The van der Waals surface area contributed by atoms with Crippen LogP contribution < -0.4 is 5.32 Å². The van der Waals surface area contributed by atoms with Gasteiger partial charge in [0.2, 0.25) is 0 Å². The summed E-state index contributed by atoms with van der Waals surface area (Å²) in [5.74, 6) is -1.08. The van der Waals surface area contributed by atoms with Gasteiger partial charge in [-0.1, -0.05) is 30.3 Å². The predicted octanol–water partition coefficient (Wildman–Crippen LogP) is 0.706. The minimum absolute atomic E-state index is 0.155. The molecule has 0 aromatic heterocycles. The first-order valence-corrected chi connectivity index (χ1v) is 6.51. The number of hydrogen-bond donors (Lipinski definition) is 3. The van der Waals surface area contributed by atoms with E-state index >= 15 is 0 Å². The SMILES string of the molecule is CCN(CCO)C(=O)N[C@H](Cc1ccccc1)C(=O)O. The number of aliphatic carboxylic acids is 1. The van der Waals surface area contributed by atoms with Gasteiger partial charge in [0.05, 0.1) is 6.61 Å². The van der Waals surface area contributed by atoms with Gasteiger partial charge in [0.1, 0.15) is 6.04 Å². The van der Waals surface area contributed by atoms with Gasteiger partial charge in [-0.15, -0.1) is 0 Å². The number of aliphatic hydroxyl groups excluding tert-OH is 1. The second-order valence-corrected chi connectivity index (χ2v) is 4.33. The Kier molecular flexibility index (Phi) is 6.52. The van der Waals surface area contributed by atoms with Crippen molar-refractivity contribution in [1.82, 2.24) is 10.2 Å². The minimum Gasteiger partial charge on any atom is -0.480 e. The van der Waals surface area contributed by atoms with Crippen molar-refractivity contribution in [1.29, 1.82) is 0 Å². The number of carbonyl (C=O) groups is 2. The number of nitrogens with zero attached hydrogens (tertiary/aromatic N) is 1. The maximum absolute atomic E-state index is 11.9. The second kappa shape index (κ2) is 8.16. The molecule has 0 spiro atoms. The van der Waals surface area contributed by atoms with Crippen LogP contribution in [-0.2, 0) is 11.2 Å². The maximum Gasteiger partial charge on any atom is 0.326 e. The third-order valence-corrected chi connectivity index (χ3v) is 2.92. The van der Waals surface area contributed by atoms with Crippen LogP contribution in [0.4, 0.5) is 4.79 Å². The van der Waals surface area contributed by atoms with Crippen LogP contribution in [0.15, 0.2) is 30.3 Å². The number of urea groups is 1. The second-order valence-electron chi connectivity index (χ2n) is 4.33. The summed E-state index contributed by atoms with van der Waals surface area (Å²) in [7, 11) is 0. The molecule has 0 bridgehead atoms. The van der Waals surface area contributed by atoms with Crippen molar-refractivity contribution in [2.75, 3.05) is 19.7 Å². The molecule has 0 aliphatic carbocycles. The topological polar surface area (TPSA) is 89.9 Å². The standard InChI is InChI=1S/C14H20N2O4/c1-2-16(8-9-17)14(20)15-12(13(18)19)10-11-6-4-3-5-7-11/h3-7,12,17H,2,8-10H2,1H3,(H,15,20)(H,18,19)/t12-/m1/s1. The molecule has 20 heavy (non-hydrogen) atoms. The number of carbonyl (C=O) groups excluding carboxylic acids is 1. The van der Waals surface area contributed by atoms with Crippen LogP contribution in [0.2, 0.25) is 0 Å². The highest BCUT2D eigenvalue weighted by molar-refractivity contribution is 5.82. The zero-order valence-electron chi connectivity index (χ0n) is 11.5. The molecule has 110 valence electrons. The normalized spacial score (nSPS) is 11.7. The van der Waals surface area contributed by atoms with Gasteiger partial charge in [-0.3, -0.25) is 0 Å². The summed E-state index contributed by atoms with van der Waals surface area (Å²) in [5.41, 5.74) is 0.838. The molecule has 3 N–H and O–H groups in total. The van der Waals surface area contributed by atoms with Crippen molar-refractivity contribution in [3.05, 3.63) is 35.9 Å². The Morgan fingerprint density at radius 1 is 1.30 bits per heavy atom. The smallest absolute Gasteiger partial charge is 0.326 e. The van der Waals surface area contributed by atoms with Crippen LogP contribution in [-0.4, -0.2) is 52.9 Å². The molecule has 0 fully saturated rings. The zero-order valence-corrected chi connectivity index (χ0v) is 11.5. The summed E-state index contributed by atoms with van der Waals surface area (Å²) in [6.07, 6.45) is 0.221. The number of nitrogens with one attached hydrogen (secondary N) is 1. The Hall–Kier alpha value is -2.08. The number of rotatable bonds is 7. The molecule has 1 aromatic rings. The highest BCUT2D eigenvalue weighted by atomic mass is 16.4. The molecule has 6 heteroatoms. The molecule has 0 aliphatic heterocycles. The van der Waals surface area contributed by atoms with Crippen molar-refractivity contribution >= 4 is 12.0 Å². The van der Waals surface area contributed by atoms with Crippen molar-refractivity contribution < 1.29 is 19.8 Å². The average molecular weight is 280 g/mol. The number of hydrogen-bond acceptors (Lipinski definition) is 3. The molecule has 0 radical (unpaired) electrons. The van der Waals surface area contributed by atoms with Gasteiger partial charge in [0.15, 0.2) is 0 Å². The van der Waals surface area contributed by atoms with E-state index in [9.17, 15) is 14.7 Å². The van der Waals surface area contributed by atoms with Crippen LogP contribution in [0, 0.1) is 0 Å². The van der Waals surface area contributed by atoms with Gasteiger partial charge in [-0.25, -0.2) is 9.59 Å². The van der Waals surface area contributed by atoms with E-state index in [-0.39, 0.29) is 19.6 Å². The minimum atomic E-state index is -1.08. The Morgan fingerprint density at radius 3 is 2.45 bits per heavy atom. The van der Waals surface area contributed by atoms with Gasteiger partial charge in [-0.05, 0) is 12.5 Å². The molecule has 0 heterocycles. The molecule has 1 rings (SSSR count). The Bertz CT molecular complexity index is 436. The van der Waals surface area contributed by atoms with Gasteiger partial charge < -0.3 is 20.4 Å². The van der Waals surface area contributed by atoms with Crippen molar-refractivity contribution in [3.63, 3.8) is 0 Å². The first-order valence-electron chi connectivity index (χ1n) is 6.51. The number of likely N-dealkylation sites (N-methyl/N-ethyl adjacent to an activating group) is 1. The van der Waals surface area contributed by atoms with Gasteiger partial charge >= 0.3 is 12.0 Å². The summed E-state index contributed by atoms with van der Waals surface area (Å²) >= 11 is 0. The summed E-state index contributed by atoms with van der Waals surface area (Å²) in [6, 6.07) is 7.64. The van der Waals surface area contributed by atoms with E-state index in [0.29, 0.717) is 6.54 Å². The first kappa shape index (κ1) is 16.0. The van der Waals surface area contributed by atoms with Crippen molar-refractivity contribution in [2.45, 2.75) is 19.4 Å². The highest BCUT2D eigenvalue weighted by Gasteiger charge is 2.22. The lowest BCUT2D eigenvalue weighted by atomic mass is 10.1. The number of carboxylic acids is 1. The summed E-state index contributed by atoms with van der Waals surface area (Å²) in [5, 5.41) is 20.5. The third kappa shape index (κ3) is 4.89. The van der Waals surface area contributed by atoms with E-state index in [0.717, 1.165) is 5.56 Å². The van der Waals surface area contributed by atoms with E-state index in [1.165, 1.54) is 4.90 Å². The predicted molar refractivity (Wildman–Crippen MR) is 74.4 cm³/mol. The number of aliphatic hydroxyl groups is 1. The van der Waals surface area contributed by atoms with E-state index in [2.05, 4.69) is 5.32 Å². The van der Waals surface area contributed by atoms with E-state index in [1.807, 2.05) is 30.3 Å². The molecule has 1 aromatic carbocycles.